The molecule has 0 radical (unpaired) electrons. The van der Waals surface area contributed by atoms with Crippen LogP contribution in [0, 0.1) is 6.92 Å². The molecule has 1 N–H and O–H groups in total. The number of halogens is 5. The van der Waals surface area contributed by atoms with Crippen LogP contribution in [-0.4, -0.2) is 30.6 Å². The smallest absolute Gasteiger partial charge is 0.462 e. The van der Waals surface area contributed by atoms with Crippen molar-refractivity contribution in [2.24, 2.45) is 0 Å². The molecule has 0 fully saturated rings. The number of hydrogen-bond donors (Lipinski definition) is 1. The highest BCUT2D eigenvalue weighted by molar-refractivity contribution is 7.16. The number of aryl methyl sites for hydroxylation is 1. The van der Waals surface area contributed by atoms with E-state index in [1.54, 1.807) is 0 Å². The van der Waals surface area contributed by atoms with Gasteiger partial charge in [-0.25, -0.2) is 4.79 Å². The van der Waals surface area contributed by atoms with Crippen molar-refractivity contribution in [3.8, 4) is 0 Å². The largest absolute Gasteiger partial charge is 0.463 e. The van der Waals surface area contributed by atoms with Gasteiger partial charge in [-0.3, -0.25) is 4.79 Å². The number of nitrogens with one attached hydrogen (secondary N) is 1. The SMILES string of the molecule is CCOC(=O)c1cc(C)sc1NC(=O)C(F)(F)C(F)(F)F. The van der Waals surface area contributed by atoms with E-state index in [2.05, 4.69) is 4.74 Å². The van der Waals surface area contributed by atoms with Crippen LogP contribution in [0.3, 0.4) is 0 Å². The second kappa shape index (κ2) is 5.96. The third-order valence-electron chi connectivity index (χ3n) is 2.22. The highest BCUT2D eigenvalue weighted by Crippen LogP contribution is 2.37. The van der Waals surface area contributed by atoms with Gasteiger partial charge in [0.2, 0.25) is 0 Å². The molecule has 0 atom stereocenters. The van der Waals surface area contributed by atoms with Crippen LogP contribution in [0.1, 0.15) is 22.2 Å². The number of esters is 1. The van der Waals surface area contributed by atoms with Gasteiger partial charge in [0.15, 0.2) is 0 Å². The molecule has 1 heterocycles. The number of anilines is 1. The van der Waals surface area contributed by atoms with Crippen molar-refractivity contribution < 1.29 is 36.3 Å². The Morgan fingerprint density at radius 3 is 2.33 bits per heavy atom. The van der Waals surface area contributed by atoms with Crippen LogP contribution < -0.4 is 5.32 Å². The van der Waals surface area contributed by atoms with Crippen molar-refractivity contribution in [1.29, 1.82) is 0 Å². The van der Waals surface area contributed by atoms with Gasteiger partial charge in [-0.2, -0.15) is 22.0 Å². The Labute approximate surface area is 119 Å². The van der Waals surface area contributed by atoms with Crippen LogP contribution >= 0.6 is 11.3 Å². The molecule has 0 bridgehead atoms. The molecule has 1 aromatic rings. The number of alkyl halides is 5. The molecule has 0 aliphatic heterocycles. The van der Waals surface area contributed by atoms with E-state index in [0.29, 0.717) is 16.2 Å². The lowest BCUT2D eigenvalue weighted by molar-refractivity contribution is -0.267. The fourth-order valence-electron chi connectivity index (χ4n) is 1.28. The average molecular weight is 331 g/mol. The minimum atomic E-state index is -6.02. The Morgan fingerprint density at radius 2 is 1.86 bits per heavy atom. The van der Waals surface area contributed by atoms with Crippen molar-refractivity contribution in [1.82, 2.24) is 0 Å². The molecule has 0 aromatic carbocycles. The maximum Gasteiger partial charge on any atom is 0.463 e. The number of rotatable bonds is 4. The molecule has 4 nitrogen and oxygen atoms in total. The van der Waals surface area contributed by atoms with Gasteiger partial charge in [0.05, 0.1) is 12.2 Å². The van der Waals surface area contributed by atoms with Crippen LogP contribution in [0.2, 0.25) is 0 Å². The minimum Gasteiger partial charge on any atom is -0.462 e. The maximum absolute atomic E-state index is 12.8. The topological polar surface area (TPSA) is 55.4 Å². The molecule has 0 unspecified atom stereocenters. The predicted molar refractivity (Wildman–Crippen MR) is 64.6 cm³/mol. The van der Waals surface area contributed by atoms with Gasteiger partial charge >= 0.3 is 24.0 Å². The summed E-state index contributed by atoms with van der Waals surface area (Å²) in [6.07, 6.45) is -6.02. The van der Waals surface area contributed by atoms with Crippen molar-refractivity contribution >= 4 is 28.2 Å². The monoisotopic (exact) mass is 331 g/mol. The van der Waals surface area contributed by atoms with Crippen LogP contribution in [0.25, 0.3) is 0 Å². The molecule has 1 aromatic heterocycles. The summed E-state index contributed by atoms with van der Waals surface area (Å²) in [4.78, 5) is 23.1. The molecule has 0 aliphatic carbocycles. The Bertz CT molecular complexity index is 553. The van der Waals surface area contributed by atoms with Crippen LogP contribution in [0.15, 0.2) is 6.07 Å². The first-order valence-corrected chi connectivity index (χ1v) is 6.36. The van der Waals surface area contributed by atoms with Gasteiger partial charge < -0.3 is 10.1 Å². The Hall–Kier alpha value is -1.71. The van der Waals surface area contributed by atoms with Crippen molar-refractivity contribution in [2.75, 3.05) is 11.9 Å². The molecular weight excluding hydrogens is 321 g/mol. The Morgan fingerprint density at radius 1 is 1.29 bits per heavy atom. The molecule has 0 spiro atoms. The molecule has 0 saturated heterocycles. The summed E-state index contributed by atoms with van der Waals surface area (Å²) in [5.41, 5.74) is -0.273. The minimum absolute atomic E-state index is 0.0141. The lowest BCUT2D eigenvalue weighted by atomic mass is 10.2. The van der Waals surface area contributed by atoms with Gasteiger partial charge in [-0.05, 0) is 19.9 Å². The highest BCUT2D eigenvalue weighted by Gasteiger charge is 2.63. The maximum atomic E-state index is 12.8. The van der Waals surface area contributed by atoms with E-state index >= 15 is 0 Å². The second-order valence-electron chi connectivity index (χ2n) is 3.85. The number of hydrogen-bond acceptors (Lipinski definition) is 4. The molecular formula is C11H10F5NO3S. The quantitative estimate of drug-likeness (QED) is 0.680. The zero-order chi connectivity index (χ0) is 16.4. The molecule has 0 aliphatic rings. The number of carbonyl (C=O) groups is 2. The fourth-order valence-corrected chi connectivity index (χ4v) is 2.17. The van der Waals surface area contributed by atoms with E-state index in [9.17, 15) is 31.5 Å². The summed E-state index contributed by atoms with van der Waals surface area (Å²) in [6.45, 7) is 2.97. The standard InChI is InChI=1S/C11H10F5NO3S/c1-3-20-8(18)6-4-5(2)21-7(6)17-9(19)10(12,13)11(14,15)16/h4H,3H2,1-2H3,(H,17,19). The van der Waals surface area contributed by atoms with Gasteiger partial charge in [-0.15, -0.1) is 11.3 Å². The van der Waals surface area contributed by atoms with E-state index in [1.807, 2.05) is 0 Å². The number of carbonyl (C=O) groups excluding carboxylic acids is 2. The zero-order valence-corrected chi connectivity index (χ0v) is 11.6. The van der Waals surface area contributed by atoms with E-state index < -0.39 is 29.0 Å². The Kier molecular flexibility index (Phi) is 4.92. The van der Waals surface area contributed by atoms with Crippen LogP contribution in [0.4, 0.5) is 27.0 Å². The molecule has 118 valence electrons. The predicted octanol–water partition coefficient (Wildman–Crippen LogP) is 3.37. The lowest BCUT2D eigenvalue weighted by Gasteiger charge is -2.18. The molecule has 0 saturated carbocycles. The van der Waals surface area contributed by atoms with Crippen molar-refractivity contribution in [3.05, 3.63) is 16.5 Å². The van der Waals surface area contributed by atoms with E-state index in [0.717, 1.165) is 0 Å². The average Bonchev–Trinajstić information content (AvgIpc) is 2.69. The van der Waals surface area contributed by atoms with Crippen molar-refractivity contribution in [3.63, 3.8) is 0 Å². The van der Waals surface area contributed by atoms with Gasteiger partial charge in [0, 0.05) is 4.88 Å². The van der Waals surface area contributed by atoms with E-state index in [-0.39, 0.29) is 12.2 Å². The Balaban J connectivity index is 3.04. The normalized spacial score (nSPS) is 12.1. The third kappa shape index (κ3) is 3.69. The summed E-state index contributed by atoms with van der Waals surface area (Å²) in [5, 5.41) is 1.01. The first-order valence-electron chi connectivity index (χ1n) is 5.54. The summed E-state index contributed by atoms with van der Waals surface area (Å²) < 4.78 is 66.5. The first-order chi connectivity index (χ1) is 9.50. The van der Waals surface area contributed by atoms with Gasteiger partial charge in [0.25, 0.3) is 0 Å². The third-order valence-corrected chi connectivity index (χ3v) is 3.18. The number of amides is 1. The van der Waals surface area contributed by atoms with Crippen LogP contribution in [-0.2, 0) is 9.53 Å². The van der Waals surface area contributed by atoms with Gasteiger partial charge in [0.1, 0.15) is 5.00 Å². The molecule has 21 heavy (non-hydrogen) atoms. The highest BCUT2D eigenvalue weighted by atomic mass is 32.1. The summed E-state index contributed by atoms with van der Waals surface area (Å²) >= 11 is 0.690. The second-order valence-corrected chi connectivity index (χ2v) is 5.10. The van der Waals surface area contributed by atoms with Gasteiger partial charge in [-0.1, -0.05) is 0 Å². The lowest BCUT2D eigenvalue weighted by Crippen LogP contribution is -2.47. The number of thiophene rings is 1. The summed E-state index contributed by atoms with van der Waals surface area (Å²) in [6, 6.07) is 1.23. The van der Waals surface area contributed by atoms with Crippen molar-refractivity contribution in [2.45, 2.75) is 25.9 Å². The summed E-state index contributed by atoms with van der Waals surface area (Å²) in [7, 11) is 0. The number of ether oxygens (including phenoxy) is 1. The fraction of sp³-hybridized carbons (Fsp3) is 0.455. The van der Waals surface area contributed by atoms with E-state index in [4.69, 9.17) is 0 Å². The first kappa shape index (κ1) is 17.3. The summed E-state index contributed by atoms with van der Waals surface area (Å²) in [5.74, 6) is -9.04. The zero-order valence-electron chi connectivity index (χ0n) is 10.8. The van der Waals surface area contributed by atoms with Crippen LogP contribution in [0.5, 0.6) is 0 Å². The molecule has 1 amide bonds. The van der Waals surface area contributed by atoms with E-state index in [1.165, 1.54) is 25.2 Å². The molecule has 10 heteroatoms. The molecule has 1 rings (SSSR count).